The van der Waals surface area contributed by atoms with Crippen LogP contribution in [0.5, 0.6) is 5.75 Å². The molecular weight excluding hydrogens is 414 g/mol. The van der Waals surface area contributed by atoms with Crippen LogP contribution in [0.15, 0.2) is 42.7 Å². The maximum absolute atomic E-state index is 13.2. The van der Waals surface area contributed by atoms with Crippen LogP contribution >= 0.6 is 11.6 Å². The lowest BCUT2D eigenvalue weighted by Crippen LogP contribution is -2.52. The van der Waals surface area contributed by atoms with Crippen molar-refractivity contribution in [2.45, 2.75) is 57.0 Å². The van der Waals surface area contributed by atoms with Crippen molar-refractivity contribution in [3.05, 3.63) is 58.9 Å². The van der Waals surface area contributed by atoms with Gasteiger partial charge in [0, 0.05) is 18.8 Å². The fourth-order valence-corrected chi connectivity index (χ4v) is 5.33. The zero-order valence-electron chi connectivity index (χ0n) is 17.8. The van der Waals surface area contributed by atoms with Gasteiger partial charge < -0.3 is 9.47 Å². The first-order chi connectivity index (χ1) is 15.0. The summed E-state index contributed by atoms with van der Waals surface area (Å²) in [4.78, 5) is 30.2. The van der Waals surface area contributed by atoms with E-state index in [2.05, 4.69) is 4.98 Å². The lowest BCUT2D eigenvalue weighted by molar-refractivity contribution is -0.185. The van der Waals surface area contributed by atoms with Gasteiger partial charge in [0.1, 0.15) is 17.3 Å². The summed E-state index contributed by atoms with van der Waals surface area (Å²) in [5, 5.41) is 0.559. The Morgan fingerprint density at radius 2 is 1.87 bits per heavy atom. The molecule has 2 fully saturated rings. The molecule has 1 saturated heterocycles. The average Bonchev–Trinajstić information content (AvgIpc) is 3.31. The van der Waals surface area contributed by atoms with E-state index in [1.54, 1.807) is 19.5 Å². The average molecular weight is 442 g/mol. The number of ketones is 1. The number of nitrogens with zero attached hydrogens (tertiary/aromatic N) is 1. The van der Waals surface area contributed by atoms with Gasteiger partial charge in [0.25, 0.3) is 0 Å². The van der Waals surface area contributed by atoms with Crippen LogP contribution in [-0.4, -0.2) is 29.4 Å². The molecule has 0 radical (unpaired) electrons. The van der Waals surface area contributed by atoms with Gasteiger partial charge in [-0.15, -0.1) is 0 Å². The Balaban J connectivity index is 1.52. The molecule has 0 amide bonds. The molecule has 2 aliphatic rings. The fraction of sp³-hybridized carbons (Fsp3) is 0.480. The summed E-state index contributed by atoms with van der Waals surface area (Å²) >= 11 is 6.29. The van der Waals surface area contributed by atoms with Crippen LogP contribution in [0.25, 0.3) is 0 Å². The topological polar surface area (TPSA) is 65.5 Å². The van der Waals surface area contributed by atoms with Crippen molar-refractivity contribution in [1.82, 2.24) is 4.98 Å². The van der Waals surface area contributed by atoms with Gasteiger partial charge in [-0.3, -0.25) is 14.6 Å². The summed E-state index contributed by atoms with van der Waals surface area (Å²) in [5.41, 5.74) is 1.25. The Morgan fingerprint density at radius 3 is 2.52 bits per heavy atom. The number of rotatable bonds is 7. The van der Waals surface area contributed by atoms with Gasteiger partial charge in [-0.2, -0.15) is 0 Å². The third-order valence-corrected chi connectivity index (χ3v) is 7.09. The Morgan fingerprint density at radius 1 is 1.13 bits per heavy atom. The number of pyridine rings is 1. The molecule has 31 heavy (non-hydrogen) atoms. The zero-order chi connectivity index (χ0) is 21.8. The summed E-state index contributed by atoms with van der Waals surface area (Å²) in [5.74, 6) is -0.252. The van der Waals surface area contributed by atoms with Crippen molar-refractivity contribution in [2.24, 2.45) is 11.8 Å². The van der Waals surface area contributed by atoms with E-state index in [1.807, 2.05) is 30.3 Å². The van der Waals surface area contributed by atoms with E-state index >= 15 is 0 Å². The highest BCUT2D eigenvalue weighted by Gasteiger charge is 2.51. The number of ether oxygens (including phenoxy) is 2. The van der Waals surface area contributed by atoms with Crippen LogP contribution in [0.1, 0.15) is 49.7 Å². The quantitative estimate of drug-likeness (QED) is 0.447. The molecule has 164 valence electrons. The van der Waals surface area contributed by atoms with Gasteiger partial charge in [-0.25, -0.2) is 0 Å². The first-order valence-electron chi connectivity index (χ1n) is 11.0. The highest BCUT2D eigenvalue weighted by atomic mass is 35.5. The van der Waals surface area contributed by atoms with E-state index in [9.17, 15) is 9.59 Å². The number of Topliss-reactive ketones (excluding diaryl/α,β-unsaturated/α-hetero) is 1. The molecule has 4 rings (SSSR count). The predicted octanol–water partition coefficient (Wildman–Crippen LogP) is 4.98. The number of hydrogen-bond donors (Lipinski definition) is 0. The monoisotopic (exact) mass is 441 g/mol. The first kappa shape index (κ1) is 21.8. The molecule has 2 atom stereocenters. The summed E-state index contributed by atoms with van der Waals surface area (Å²) in [6, 6.07) is 9.40. The number of aryl methyl sites for hydroxylation is 1. The van der Waals surface area contributed by atoms with E-state index in [0.29, 0.717) is 36.5 Å². The zero-order valence-corrected chi connectivity index (χ0v) is 18.6. The Labute approximate surface area is 188 Å². The van der Waals surface area contributed by atoms with Crippen molar-refractivity contribution >= 4 is 23.4 Å². The van der Waals surface area contributed by atoms with E-state index < -0.39 is 11.5 Å². The van der Waals surface area contributed by atoms with E-state index in [-0.39, 0.29) is 17.7 Å². The molecule has 0 N–H and O–H groups in total. The fourth-order valence-electron chi connectivity index (χ4n) is 5.05. The number of halogens is 1. The molecule has 1 aromatic carbocycles. The van der Waals surface area contributed by atoms with Crippen molar-refractivity contribution in [3.63, 3.8) is 0 Å². The van der Waals surface area contributed by atoms with Crippen LogP contribution in [0.2, 0.25) is 5.02 Å². The normalized spacial score (nSPS) is 24.3. The third-order valence-electron chi connectivity index (χ3n) is 6.79. The van der Waals surface area contributed by atoms with E-state index in [0.717, 1.165) is 36.8 Å². The van der Waals surface area contributed by atoms with Crippen molar-refractivity contribution in [2.75, 3.05) is 7.11 Å². The molecule has 1 aromatic heterocycles. The molecule has 1 saturated carbocycles. The summed E-state index contributed by atoms with van der Waals surface area (Å²) < 4.78 is 11.4. The minimum Gasteiger partial charge on any atom is -0.495 e. The molecule has 2 unspecified atom stereocenters. The summed E-state index contributed by atoms with van der Waals surface area (Å²) in [6.07, 6.45) is 9.57. The number of aromatic nitrogens is 1. The van der Waals surface area contributed by atoms with Crippen LogP contribution < -0.4 is 4.74 Å². The Kier molecular flexibility index (Phi) is 6.61. The molecule has 6 heteroatoms. The summed E-state index contributed by atoms with van der Waals surface area (Å²) in [6.45, 7) is 0. The number of methoxy groups -OCH3 is 1. The number of carbonyl (C=O) groups is 2. The smallest absolute Gasteiger partial charge is 0.317 e. The van der Waals surface area contributed by atoms with Crippen molar-refractivity contribution in [3.8, 4) is 5.75 Å². The second-order valence-corrected chi connectivity index (χ2v) is 9.10. The maximum atomic E-state index is 13.2. The predicted molar refractivity (Wildman–Crippen MR) is 118 cm³/mol. The van der Waals surface area contributed by atoms with Crippen molar-refractivity contribution < 1.29 is 19.1 Å². The van der Waals surface area contributed by atoms with E-state index in [1.165, 1.54) is 0 Å². The third kappa shape index (κ3) is 4.77. The second-order valence-electron chi connectivity index (χ2n) is 8.69. The van der Waals surface area contributed by atoms with Gasteiger partial charge in [0.05, 0.1) is 12.1 Å². The van der Waals surface area contributed by atoms with Crippen LogP contribution in [-0.2, 0) is 27.2 Å². The maximum Gasteiger partial charge on any atom is 0.317 e. The first-order valence-corrected chi connectivity index (χ1v) is 11.4. The van der Waals surface area contributed by atoms with Gasteiger partial charge >= 0.3 is 5.97 Å². The highest BCUT2D eigenvalue weighted by Crippen LogP contribution is 2.45. The molecule has 5 nitrogen and oxygen atoms in total. The Bertz CT molecular complexity index is 922. The largest absolute Gasteiger partial charge is 0.495 e. The number of cyclic esters (lactones) is 1. The van der Waals surface area contributed by atoms with Gasteiger partial charge in [-0.1, -0.05) is 30.5 Å². The number of carbonyl (C=O) groups excluding carboxylic acids is 2. The van der Waals surface area contributed by atoms with Crippen LogP contribution in [0, 0.1) is 11.8 Å². The standard InChI is InChI=1S/C25H28ClNO4/c1-30-23-7-6-17(15-21(23)26)8-11-25(19-4-2-3-5-19)16-22(28)20(24(29)31-25)14-18-9-12-27-13-10-18/h6-7,9-10,12-13,15,19-20H,2-5,8,11,14,16H2,1H3. The second kappa shape index (κ2) is 9.39. The Hall–Kier alpha value is -2.40. The molecule has 2 aromatic rings. The molecular formula is C25H28ClNO4. The molecule has 2 heterocycles. The van der Waals surface area contributed by atoms with Crippen molar-refractivity contribution in [1.29, 1.82) is 0 Å². The molecule has 1 aliphatic heterocycles. The lowest BCUT2D eigenvalue weighted by atomic mass is 9.73. The number of esters is 1. The minimum absolute atomic E-state index is 0.00674. The van der Waals surface area contributed by atoms with Crippen LogP contribution in [0.4, 0.5) is 0 Å². The number of hydrogen-bond acceptors (Lipinski definition) is 5. The van der Waals surface area contributed by atoms with Gasteiger partial charge in [0.15, 0.2) is 5.78 Å². The number of benzene rings is 1. The minimum atomic E-state index is -0.729. The van der Waals surface area contributed by atoms with Crippen LogP contribution in [0.3, 0.4) is 0 Å². The SMILES string of the molecule is COc1ccc(CCC2(C3CCCC3)CC(=O)C(Cc3ccncc3)C(=O)O2)cc1Cl. The van der Waals surface area contributed by atoms with Gasteiger partial charge in [-0.05, 0) is 73.4 Å². The van der Waals surface area contributed by atoms with E-state index in [4.69, 9.17) is 21.1 Å². The highest BCUT2D eigenvalue weighted by molar-refractivity contribution is 6.32. The molecule has 0 bridgehead atoms. The molecule has 1 aliphatic carbocycles. The lowest BCUT2D eigenvalue weighted by Gasteiger charge is -2.43. The van der Waals surface area contributed by atoms with Gasteiger partial charge in [0.2, 0.25) is 0 Å². The molecule has 0 spiro atoms. The summed E-state index contributed by atoms with van der Waals surface area (Å²) in [7, 11) is 1.59.